The molecule has 0 atom stereocenters. The van der Waals surface area contributed by atoms with E-state index in [1.165, 1.54) is 28.0 Å². The van der Waals surface area contributed by atoms with Crippen LogP contribution in [0.3, 0.4) is 0 Å². The van der Waals surface area contributed by atoms with Gasteiger partial charge < -0.3 is 5.32 Å². The van der Waals surface area contributed by atoms with Gasteiger partial charge in [0.1, 0.15) is 0 Å². The van der Waals surface area contributed by atoms with Crippen LogP contribution in [0.1, 0.15) is 10.4 Å². The van der Waals surface area contributed by atoms with Crippen LogP contribution in [0.4, 0.5) is 0 Å². The number of hydrogen-bond acceptors (Lipinski definition) is 3. The average Bonchev–Trinajstić information content (AvgIpc) is 2.52. The van der Waals surface area contributed by atoms with Gasteiger partial charge in [-0.3, -0.25) is 4.90 Å². The molecule has 4 heteroatoms. The molecule has 0 aliphatic carbocycles. The van der Waals surface area contributed by atoms with Crippen molar-refractivity contribution in [3.63, 3.8) is 0 Å². The molecule has 1 aromatic heterocycles. The first-order valence-corrected chi connectivity index (χ1v) is 6.60. The summed E-state index contributed by atoms with van der Waals surface area (Å²) in [6.45, 7) is 7.85. The quantitative estimate of drug-likeness (QED) is 0.890. The summed E-state index contributed by atoms with van der Waals surface area (Å²) in [5.41, 5.74) is 1.36. The Balaban J connectivity index is 1.99. The zero-order valence-electron chi connectivity index (χ0n) is 8.35. The highest BCUT2D eigenvalue weighted by Crippen LogP contribution is 2.28. The van der Waals surface area contributed by atoms with Crippen LogP contribution in [-0.4, -0.2) is 31.1 Å². The van der Waals surface area contributed by atoms with Crippen molar-refractivity contribution < 1.29 is 0 Å². The summed E-state index contributed by atoms with van der Waals surface area (Å²) in [5, 5.41) is 5.59. The molecule has 1 fully saturated rings. The van der Waals surface area contributed by atoms with Crippen molar-refractivity contribution in [3.8, 4) is 0 Å². The maximum absolute atomic E-state index is 3.65. The van der Waals surface area contributed by atoms with Crippen LogP contribution in [0.2, 0.25) is 0 Å². The fourth-order valence-electron chi connectivity index (χ4n) is 1.66. The smallest absolute Gasteiger partial charge is 0.0356 e. The zero-order valence-corrected chi connectivity index (χ0v) is 10.7. The Hall–Kier alpha value is 0.100. The second kappa shape index (κ2) is 4.75. The Bertz CT molecular complexity index is 305. The molecule has 1 aromatic rings. The lowest BCUT2D eigenvalue weighted by Crippen LogP contribution is -2.42. The number of rotatable bonds is 2. The molecule has 2 heterocycles. The minimum atomic E-state index is 1.10. The molecular formula is C10H15BrN2S. The van der Waals surface area contributed by atoms with Crippen LogP contribution in [0.25, 0.3) is 0 Å². The van der Waals surface area contributed by atoms with E-state index in [-0.39, 0.29) is 0 Å². The van der Waals surface area contributed by atoms with Gasteiger partial charge in [0.15, 0.2) is 0 Å². The van der Waals surface area contributed by atoms with Gasteiger partial charge in [-0.1, -0.05) is 0 Å². The van der Waals surface area contributed by atoms with Crippen molar-refractivity contribution in [2.75, 3.05) is 26.2 Å². The first kappa shape index (κ1) is 10.6. The summed E-state index contributed by atoms with van der Waals surface area (Å²) < 4.78 is 1.31. The van der Waals surface area contributed by atoms with Crippen LogP contribution >= 0.6 is 27.3 Å². The highest BCUT2D eigenvalue weighted by atomic mass is 79.9. The van der Waals surface area contributed by atoms with Crippen molar-refractivity contribution in [2.24, 2.45) is 0 Å². The lowest BCUT2D eigenvalue weighted by atomic mass is 10.3. The lowest BCUT2D eigenvalue weighted by molar-refractivity contribution is 0.235. The molecule has 0 amide bonds. The van der Waals surface area contributed by atoms with E-state index >= 15 is 0 Å². The molecule has 0 spiro atoms. The van der Waals surface area contributed by atoms with Gasteiger partial charge in [-0.05, 0) is 33.8 Å². The Morgan fingerprint density at radius 3 is 2.79 bits per heavy atom. The number of piperazine rings is 1. The highest BCUT2D eigenvalue weighted by Gasteiger charge is 2.13. The third-order valence-electron chi connectivity index (χ3n) is 2.55. The molecule has 0 radical (unpaired) electrons. The predicted molar refractivity (Wildman–Crippen MR) is 64.9 cm³/mol. The van der Waals surface area contributed by atoms with Crippen LogP contribution in [0.15, 0.2) is 9.85 Å². The van der Waals surface area contributed by atoms with Crippen LogP contribution in [0, 0.1) is 6.92 Å². The van der Waals surface area contributed by atoms with Crippen molar-refractivity contribution in [1.29, 1.82) is 0 Å². The third kappa shape index (κ3) is 2.37. The number of aryl methyl sites for hydroxylation is 1. The van der Waals surface area contributed by atoms with E-state index in [0.717, 1.165) is 19.6 Å². The maximum Gasteiger partial charge on any atom is 0.0356 e. The molecule has 1 aliphatic heterocycles. The number of thiophene rings is 1. The molecule has 1 aliphatic rings. The highest BCUT2D eigenvalue weighted by molar-refractivity contribution is 9.10. The zero-order chi connectivity index (χ0) is 9.97. The Labute approximate surface area is 97.4 Å². The summed E-state index contributed by atoms with van der Waals surface area (Å²) in [6.07, 6.45) is 0. The molecule has 78 valence electrons. The Morgan fingerprint density at radius 2 is 2.21 bits per heavy atom. The maximum atomic E-state index is 3.65. The molecule has 0 saturated carbocycles. The minimum Gasteiger partial charge on any atom is -0.314 e. The third-order valence-corrected chi connectivity index (χ3v) is 5.00. The summed E-state index contributed by atoms with van der Waals surface area (Å²) in [4.78, 5) is 3.97. The van der Waals surface area contributed by atoms with Gasteiger partial charge in [-0.25, -0.2) is 0 Å². The van der Waals surface area contributed by atoms with Gasteiger partial charge in [-0.2, -0.15) is 0 Å². The van der Waals surface area contributed by atoms with E-state index in [9.17, 15) is 0 Å². The van der Waals surface area contributed by atoms with Crippen molar-refractivity contribution in [3.05, 3.63) is 20.3 Å². The van der Waals surface area contributed by atoms with Gasteiger partial charge in [0.2, 0.25) is 0 Å². The molecule has 0 bridgehead atoms. The van der Waals surface area contributed by atoms with E-state index in [1.54, 1.807) is 0 Å². The van der Waals surface area contributed by atoms with E-state index < -0.39 is 0 Å². The summed E-state index contributed by atoms with van der Waals surface area (Å²) >= 11 is 5.51. The Kier molecular flexibility index (Phi) is 3.60. The molecule has 2 rings (SSSR count). The topological polar surface area (TPSA) is 15.3 Å². The van der Waals surface area contributed by atoms with Crippen LogP contribution < -0.4 is 5.32 Å². The van der Waals surface area contributed by atoms with Crippen molar-refractivity contribution in [1.82, 2.24) is 10.2 Å². The van der Waals surface area contributed by atoms with E-state index in [0.29, 0.717) is 0 Å². The average molecular weight is 275 g/mol. The van der Waals surface area contributed by atoms with E-state index in [1.807, 2.05) is 11.3 Å². The van der Waals surface area contributed by atoms with Crippen molar-refractivity contribution in [2.45, 2.75) is 13.5 Å². The second-order valence-corrected chi connectivity index (χ2v) is 5.44. The number of halogens is 1. The molecular weight excluding hydrogens is 260 g/mol. The summed E-state index contributed by atoms with van der Waals surface area (Å²) in [6, 6.07) is 0. The molecule has 0 unspecified atom stereocenters. The fraction of sp³-hybridized carbons (Fsp3) is 0.600. The predicted octanol–water partition coefficient (Wildman–Crippen LogP) is 2.22. The van der Waals surface area contributed by atoms with Gasteiger partial charge >= 0.3 is 0 Å². The standard InChI is InChI=1S/C10H15BrN2S/c1-8-7-14-9(10(8)11)6-13-4-2-12-3-5-13/h7,12H,2-6H2,1H3. The van der Waals surface area contributed by atoms with Crippen molar-refractivity contribution >= 4 is 27.3 Å². The van der Waals surface area contributed by atoms with E-state index in [4.69, 9.17) is 0 Å². The largest absolute Gasteiger partial charge is 0.314 e. The monoisotopic (exact) mass is 274 g/mol. The van der Waals surface area contributed by atoms with Gasteiger partial charge in [-0.15, -0.1) is 11.3 Å². The summed E-state index contributed by atoms with van der Waals surface area (Å²) in [5.74, 6) is 0. The van der Waals surface area contributed by atoms with Crippen LogP contribution in [0.5, 0.6) is 0 Å². The Morgan fingerprint density at radius 1 is 1.50 bits per heavy atom. The molecule has 0 aromatic carbocycles. The fourth-order valence-corrected chi connectivity index (χ4v) is 3.29. The van der Waals surface area contributed by atoms with Crippen LogP contribution in [-0.2, 0) is 6.54 Å². The summed E-state index contributed by atoms with van der Waals surface area (Å²) in [7, 11) is 0. The number of hydrogen-bond donors (Lipinski definition) is 1. The number of nitrogens with one attached hydrogen (secondary N) is 1. The molecule has 1 N–H and O–H groups in total. The second-order valence-electron chi connectivity index (χ2n) is 3.68. The number of nitrogens with zero attached hydrogens (tertiary/aromatic N) is 1. The van der Waals surface area contributed by atoms with E-state index in [2.05, 4.69) is 38.5 Å². The lowest BCUT2D eigenvalue weighted by Gasteiger charge is -2.26. The minimum absolute atomic E-state index is 1.10. The normalized spacial score (nSPS) is 18.7. The van der Waals surface area contributed by atoms with Gasteiger partial charge in [0.25, 0.3) is 0 Å². The molecule has 2 nitrogen and oxygen atoms in total. The SMILES string of the molecule is Cc1csc(CN2CCNCC2)c1Br. The van der Waals surface area contributed by atoms with Gasteiger partial charge in [0.05, 0.1) is 0 Å². The first-order valence-electron chi connectivity index (χ1n) is 4.93. The first-order chi connectivity index (χ1) is 6.77. The molecule has 14 heavy (non-hydrogen) atoms. The molecule has 1 saturated heterocycles. The van der Waals surface area contributed by atoms with Gasteiger partial charge in [0, 0.05) is 42.1 Å².